The topological polar surface area (TPSA) is 83.6 Å². The maximum absolute atomic E-state index is 13.9. The molecule has 212 valence electrons. The predicted molar refractivity (Wildman–Crippen MR) is 146 cm³/mol. The molecule has 2 amide bonds. The monoisotopic (exact) mass is 554 g/mol. The SMILES string of the molecule is CCCC1CC(NC(=O)c2cccc(OC)c2C)CCN1c1ccc(C(=O)NCc2cc(F)c(F)cc2F)cn1. The zero-order valence-corrected chi connectivity index (χ0v) is 22.8. The van der Waals surface area contributed by atoms with Crippen LogP contribution in [0.2, 0.25) is 0 Å². The lowest BCUT2D eigenvalue weighted by Crippen LogP contribution is -2.50. The number of anilines is 1. The number of nitrogens with one attached hydrogen (secondary N) is 2. The summed E-state index contributed by atoms with van der Waals surface area (Å²) in [6, 6.07) is 10.2. The van der Waals surface area contributed by atoms with Crippen LogP contribution < -0.4 is 20.3 Å². The fourth-order valence-electron chi connectivity index (χ4n) is 5.10. The molecule has 1 saturated heterocycles. The summed E-state index contributed by atoms with van der Waals surface area (Å²) in [7, 11) is 1.58. The van der Waals surface area contributed by atoms with Crippen LogP contribution in [0.4, 0.5) is 19.0 Å². The van der Waals surface area contributed by atoms with E-state index in [0.717, 1.165) is 43.1 Å². The normalized spacial score (nSPS) is 16.9. The van der Waals surface area contributed by atoms with Gasteiger partial charge in [0.25, 0.3) is 11.8 Å². The second kappa shape index (κ2) is 12.8. The fraction of sp³-hybridized carbons (Fsp3) is 0.367. The highest BCUT2D eigenvalue weighted by Gasteiger charge is 2.30. The van der Waals surface area contributed by atoms with Gasteiger partial charge in [-0.25, -0.2) is 18.2 Å². The molecule has 2 aromatic carbocycles. The molecule has 1 fully saturated rings. The number of piperidine rings is 1. The summed E-state index contributed by atoms with van der Waals surface area (Å²) in [5, 5.41) is 5.69. The number of benzene rings is 2. The summed E-state index contributed by atoms with van der Waals surface area (Å²) in [6.45, 7) is 4.36. The first-order valence-corrected chi connectivity index (χ1v) is 13.3. The molecule has 0 saturated carbocycles. The van der Waals surface area contributed by atoms with Gasteiger partial charge < -0.3 is 20.3 Å². The molecule has 7 nitrogen and oxygen atoms in total. The van der Waals surface area contributed by atoms with E-state index in [2.05, 4.69) is 27.4 Å². The molecule has 2 atom stereocenters. The molecular weight excluding hydrogens is 521 g/mol. The van der Waals surface area contributed by atoms with E-state index >= 15 is 0 Å². The molecule has 10 heteroatoms. The van der Waals surface area contributed by atoms with Gasteiger partial charge in [-0.15, -0.1) is 0 Å². The highest BCUT2D eigenvalue weighted by Crippen LogP contribution is 2.27. The number of methoxy groups -OCH3 is 1. The van der Waals surface area contributed by atoms with Crippen molar-refractivity contribution in [3.8, 4) is 5.75 Å². The Morgan fingerprint density at radius 1 is 1.07 bits per heavy atom. The molecule has 0 bridgehead atoms. The molecule has 3 aromatic rings. The number of rotatable bonds is 9. The average molecular weight is 555 g/mol. The van der Waals surface area contributed by atoms with Crippen LogP contribution >= 0.6 is 0 Å². The maximum atomic E-state index is 13.9. The molecule has 40 heavy (non-hydrogen) atoms. The minimum Gasteiger partial charge on any atom is -0.496 e. The summed E-state index contributed by atoms with van der Waals surface area (Å²) < 4.78 is 45.8. The Morgan fingerprint density at radius 2 is 1.85 bits per heavy atom. The maximum Gasteiger partial charge on any atom is 0.253 e. The molecule has 1 aliphatic rings. The highest BCUT2D eigenvalue weighted by molar-refractivity contribution is 5.96. The second-order valence-electron chi connectivity index (χ2n) is 9.91. The Labute approximate surface area is 231 Å². The van der Waals surface area contributed by atoms with E-state index in [1.165, 1.54) is 6.20 Å². The van der Waals surface area contributed by atoms with E-state index in [9.17, 15) is 22.8 Å². The largest absolute Gasteiger partial charge is 0.496 e. The van der Waals surface area contributed by atoms with Crippen LogP contribution in [-0.4, -0.2) is 42.5 Å². The van der Waals surface area contributed by atoms with Crippen molar-refractivity contribution in [3.05, 3.63) is 88.4 Å². The molecule has 0 radical (unpaired) electrons. The van der Waals surface area contributed by atoms with E-state index in [4.69, 9.17) is 4.74 Å². The molecule has 0 aliphatic carbocycles. The van der Waals surface area contributed by atoms with Gasteiger partial charge in [-0.3, -0.25) is 9.59 Å². The Bertz CT molecular complexity index is 1370. The number of carbonyl (C=O) groups is 2. The van der Waals surface area contributed by atoms with Gasteiger partial charge in [0.15, 0.2) is 11.6 Å². The highest BCUT2D eigenvalue weighted by atomic mass is 19.2. The molecular formula is C30H33F3N4O3. The predicted octanol–water partition coefficient (Wildman–Crippen LogP) is 5.31. The van der Waals surface area contributed by atoms with Crippen molar-refractivity contribution in [1.29, 1.82) is 0 Å². The number of hydrogen-bond acceptors (Lipinski definition) is 5. The Hall–Kier alpha value is -4.08. The zero-order chi connectivity index (χ0) is 28.8. The van der Waals surface area contributed by atoms with Crippen molar-refractivity contribution < 1.29 is 27.5 Å². The van der Waals surface area contributed by atoms with Gasteiger partial charge in [0.1, 0.15) is 17.4 Å². The molecule has 2 N–H and O–H groups in total. The number of aromatic nitrogens is 1. The molecule has 4 rings (SSSR count). The number of pyridine rings is 1. The Kier molecular flexibility index (Phi) is 9.29. The lowest BCUT2D eigenvalue weighted by molar-refractivity contribution is 0.0923. The molecule has 1 aliphatic heterocycles. The van der Waals surface area contributed by atoms with Gasteiger partial charge in [0.2, 0.25) is 0 Å². The number of ether oxygens (including phenoxy) is 1. The van der Waals surface area contributed by atoms with Gasteiger partial charge in [0.05, 0.1) is 12.7 Å². The third-order valence-electron chi connectivity index (χ3n) is 7.25. The Balaban J connectivity index is 1.38. The number of nitrogens with zero attached hydrogens (tertiary/aromatic N) is 2. The quantitative estimate of drug-likeness (QED) is 0.350. The van der Waals surface area contributed by atoms with Gasteiger partial charge in [0, 0.05) is 54.1 Å². The smallest absolute Gasteiger partial charge is 0.253 e. The summed E-state index contributed by atoms with van der Waals surface area (Å²) in [4.78, 5) is 32.3. The van der Waals surface area contributed by atoms with Crippen molar-refractivity contribution in [3.63, 3.8) is 0 Å². The van der Waals surface area contributed by atoms with Crippen LogP contribution in [0.5, 0.6) is 5.75 Å². The Morgan fingerprint density at radius 3 is 2.55 bits per heavy atom. The standard InChI is InChI=1S/C30H33F3N4O3/c1-4-6-22-14-21(36-30(39)23-7-5-8-27(40-3)18(23)2)11-12-37(22)28-10-9-19(16-34-28)29(38)35-17-20-13-25(32)26(33)15-24(20)31/h5,7-10,13,15-16,21-22H,4,6,11-12,14,17H2,1-3H3,(H,35,38)(H,36,39). The first-order valence-electron chi connectivity index (χ1n) is 13.3. The van der Waals surface area contributed by atoms with Crippen molar-refractivity contribution >= 4 is 17.6 Å². The van der Waals surface area contributed by atoms with Crippen LogP contribution in [0.1, 0.15) is 64.4 Å². The molecule has 2 unspecified atom stereocenters. The lowest BCUT2D eigenvalue weighted by Gasteiger charge is -2.40. The third kappa shape index (κ3) is 6.55. The lowest BCUT2D eigenvalue weighted by atomic mass is 9.93. The summed E-state index contributed by atoms with van der Waals surface area (Å²) >= 11 is 0. The summed E-state index contributed by atoms with van der Waals surface area (Å²) in [5.41, 5.74) is 1.50. The number of hydrogen-bond donors (Lipinski definition) is 2. The number of carbonyl (C=O) groups excluding carboxylic acids is 2. The van der Waals surface area contributed by atoms with Crippen molar-refractivity contribution in [1.82, 2.24) is 15.6 Å². The average Bonchev–Trinajstić information content (AvgIpc) is 2.94. The van der Waals surface area contributed by atoms with Crippen molar-refractivity contribution in [2.75, 3.05) is 18.6 Å². The van der Waals surface area contributed by atoms with Gasteiger partial charge >= 0.3 is 0 Å². The van der Waals surface area contributed by atoms with Gasteiger partial charge in [-0.05, 0) is 56.5 Å². The van der Waals surface area contributed by atoms with Gasteiger partial charge in [-0.2, -0.15) is 0 Å². The number of halogens is 3. The van der Waals surface area contributed by atoms with Crippen LogP contribution in [0.15, 0.2) is 48.7 Å². The molecule has 0 spiro atoms. The summed E-state index contributed by atoms with van der Waals surface area (Å²) in [5.74, 6) is -2.65. The zero-order valence-electron chi connectivity index (χ0n) is 22.8. The minimum absolute atomic E-state index is 0.00708. The van der Waals surface area contributed by atoms with E-state index in [0.29, 0.717) is 23.9 Å². The number of amides is 2. The van der Waals surface area contributed by atoms with Crippen molar-refractivity contribution in [2.45, 2.75) is 58.2 Å². The first kappa shape index (κ1) is 28.9. The van der Waals surface area contributed by atoms with Crippen LogP contribution in [0, 0.1) is 24.4 Å². The van der Waals surface area contributed by atoms with Gasteiger partial charge in [-0.1, -0.05) is 19.4 Å². The first-order chi connectivity index (χ1) is 19.2. The second-order valence-corrected chi connectivity index (χ2v) is 9.91. The molecule has 2 heterocycles. The van der Waals surface area contributed by atoms with E-state index in [1.54, 1.807) is 31.4 Å². The van der Waals surface area contributed by atoms with E-state index in [-0.39, 0.29) is 35.7 Å². The third-order valence-corrected chi connectivity index (χ3v) is 7.25. The molecule has 1 aromatic heterocycles. The van der Waals surface area contributed by atoms with E-state index < -0.39 is 23.4 Å². The van der Waals surface area contributed by atoms with Crippen LogP contribution in [0.3, 0.4) is 0 Å². The van der Waals surface area contributed by atoms with Crippen LogP contribution in [0.25, 0.3) is 0 Å². The van der Waals surface area contributed by atoms with Crippen LogP contribution in [-0.2, 0) is 6.54 Å². The van der Waals surface area contributed by atoms with E-state index in [1.807, 2.05) is 13.0 Å². The minimum atomic E-state index is -1.29. The summed E-state index contributed by atoms with van der Waals surface area (Å²) in [6.07, 6.45) is 4.80. The van der Waals surface area contributed by atoms with Crippen molar-refractivity contribution in [2.24, 2.45) is 0 Å². The fourth-order valence-corrected chi connectivity index (χ4v) is 5.10.